The average Bonchev–Trinajstić information content (AvgIpc) is 2.85. The van der Waals surface area contributed by atoms with Gasteiger partial charge in [0, 0.05) is 10.8 Å². The predicted octanol–water partition coefficient (Wildman–Crippen LogP) is 2.10. The van der Waals surface area contributed by atoms with Gasteiger partial charge in [-0.3, -0.25) is 0 Å². The third-order valence-electron chi connectivity index (χ3n) is 2.78. The molecule has 0 saturated carbocycles. The van der Waals surface area contributed by atoms with E-state index in [-0.39, 0.29) is 17.4 Å². The van der Waals surface area contributed by atoms with E-state index < -0.39 is 0 Å². The van der Waals surface area contributed by atoms with Crippen molar-refractivity contribution in [2.75, 3.05) is 6.54 Å². The van der Waals surface area contributed by atoms with Crippen LogP contribution in [0, 0.1) is 0 Å². The van der Waals surface area contributed by atoms with Crippen LogP contribution in [0.25, 0.3) is 0 Å². The van der Waals surface area contributed by atoms with E-state index in [1.807, 2.05) is 5.38 Å². The summed E-state index contributed by atoms with van der Waals surface area (Å²) < 4.78 is 5.28. The van der Waals surface area contributed by atoms with Crippen molar-refractivity contribution in [3.8, 4) is 5.19 Å². The highest BCUT2D eigenvalue weighted by Gasteiger charge is 2.25. The molecule has 0 amide bonds. The molecule has 0 bridgehead atoms. The summed E-state index contributed by atoms with van der Waals surface area (Å²) in [7, 11) is 0. The van der Waals surface area contributed by atoms with Crippen LogP contribution >= 0.6 is 11.3 Å². The normalized spacial score (nSPS) is 20.5. The number of hydrogen-bond donors (Lipinski definition) is 1. The highest BCUT2D eigenvalue weighted by molar-refractivity contribution is 7.11. The first-order chi connectivity index (χ1) is 7.97. The maximum atomic E-state index is 11.8. The molecule has 1 aromatic rings. The molecular weight excluding hydrogens is 236 g/mol. The molecule has 1 aliphatic heterocycles. The molecule has 0 aromatic carbocycles. The van der Waals surface area contributed by atoms with Crippen molar-refractivity contribution in [2.24, 2.45) is 0 Å². The van der Waals surface area contributed by atoms with Gasteiger partial charge in [0.2, 0.25) is 0 Å². The van der Waals surface area contributed by atoms with E-state index in [4.69, 9.17) is 4.74 Å². The zero-order valence-electron chi connectivity index (χ0n) is 10.4. The number of nitrogens with zero attached hydrogens (tertiary/aromatic N) is 1. The van der Waals surface area contributed by atoms with Gasteiger partial charge in [-0.2, -0.15) is 0 Å². The topological polar surface area (TPSA) is 51.2 Å². The largest absolute Gasteiger partial charge is 0.397 e. The van der Waals surface area contributed by atoms with Crippen LogP contribution in [0.15, 0.2) is 5.38 Å². The number of thiazole rings is 1. The van der Waals surface area contributed by atoms with Gasteiger partial charge >= 0.3 is 5.97 Å². The fraction of sp³-hybridized carbons (Fsp3) is 0.667. The number of nitrogens with one attached hydrogen (secondary N) is 1. The molecule has 1 saturated heterocycles. The summed E-state index contributed by atoms with van der Waals surface area (Å²) in [5, 5.41) is 5.52. The smallest absolute Gasteiger partial charge is 0.330 e. The maximum absolute atomic E-state index is 11.8. The second kappa shape index (κ2) is 4.74. The number of carbonyl (C=O) groups excluding carboxylic acids is 1. The Balaban J connectivity index is 1.99. The van der Waals surface area contributed by atoms with Crippen LogP contribution in [0.1, 0.15) is 39.3 Å². The van der Waals surface area contributed by atoms with Gasteiger partial charge < -0.3 is 10.1 Å². The lowest BCUT2D eigenvalue weighted by atomic mass is 9.93. The van der Waals surface area contributed by atoms with Crippen molar-refractivity contribution in [3.63, 3.8) is 0 Å². The molecule has 17 heavy (non-hydrogen) atoms. The minimum atomic E-state index is -0.211. The van der Waals surface area contributed by atoms with Crippen molar-refractivity contribution < 1.29 is 9.53 Å². The number of rotatable bonds is 2. The molecule has 5 heteroatoms. The molecule has 4 nitrogen and oxygen atoms in total. The van der Waals surface area contributed by atoms with E-state index in [0.29, 0.717) is 5.19 Å². The van der Waals surface area contributed by atoms with Gasteiger partial charge in [0.05, 0.1) is 5.69 Å². The van der Waals surface area contributed by atoms with E-state index in [1.54, 1.807) is 0 Å². The second-order valence-electron chi connectivity index (χ2n) is 5.32. The summed E-state index contributed by atoms with van der Waals surface area (Å²) in [4.78, 5) is 16.1. The molecule has 0 spiro atoms. The van der Waals surface area contributed by atoms with Crippen molar-refractivity contribution in [1.82, 2.24) is 10.3 Å². The zero-order valence-corrected chi connectivity index (χ0v) is 11.3. The van der Waals surface area contributed by atoms with Gasteiger partial charge in [-0.05, 0) is 19.4 Å². The molecule has 0 radical (unpaired) electrons. The third kappa shape index (κ3) is 3.04. The van der Waals surface area contributed by atoms with Gasteiger partial charge in [0.25, 0.3) is 5.19 Å². The standard InChI is InChI=1S/C12H18N2O2S/c1-12(2,3)9-7-17-11(14-9)16-10(15)8-5-4-6-13-8/h7-8,13H,4-6H2,1-3H3. The zero-order chi connectivity index (χ0) is 12.5. The molecule has 0 aliphatic carbocycles. The molecule has 1 unspecified atom stereocenters. The van der Waals surface area contributed by atoms with E-state index in [2.05, 4.69) is 31.1 Å². The lowest BCUT2D eigenvalue weighted by Crippen LogP contribution is -2.34. The van der Waals surface area contributed by atoms with Crippen molar-refractivity contribution >= 4 is 17.3 Å². The van der Waals surface area contributed by atoms with Gasteiger partial charge in [-0.25, -0.2) is 9.78 Å². The highest BCUT2D eigenvalue weighted by Crippen LogP contribution is 2.28. The van der Waals surface area contributed by atoms with Crippen molar-refractivity contribution in [3.05, 3.63) is 11.1 Å². The Labute approximate surface area is 105 Å². The van der Waals surface area contributed by atoms with Crippen LogP contribution in [0.5, 0.6) is 5.19 Å². The van der Waals surface area contributed by atoms with Crippen LogP contribution < -0.4 is 10.1 Å². The number of esters is 1. The van der Waals surface area contributed by atoms with Crippen LogP contribution in [-0.2, 0) is 10.2 Å². The first kappa shape index (κ1) is 12.5. The quantitative estimate of drug-likeness (QED) is 0.821. The highest BCUT2D eigenvalue weighted by atomic mass is 32.1. The minimum Gasteiger partial charge on any atom is -0.397 e. The minimum absolute atomic E-state index is 0.00718. The number of aromatic nitrogens is 1. The lowest BCUT2D eigenvalue weighted by molar-refractivity contribution is -0.136. The fourth-order valence-corrected chi connectivity index (χ4v) is 2.59. The van der Waals surface area contributed by atoms with Gasteiger partial charge in [-0.15, -0.1) is 0 Å². The van der Waals surface area contributed by atoms with E-state index in [0.717, 1.165) is 25.1 Å². The Hall–Kier alpha value is -0.940. The van der Waals surface area contributed by atoms with E-state index in [1.165, 1.54) is 11.3 Å². The van der Waals surface area contributed by atoms with Gasteiger partial charge in [0.1, 0.15) is 6.04 Å². The summed E-state index contributed by atoms with van der Waals surface area (Å²) in [6.07, 6.45) is 1.89. The first-order valence-corrected chi connectivity index (χ1v) is 6.76. The number of ether oxygens (including phenoxy) is 1. The molecule has 1 fully saturated rings. The molecule has 1 aromatic heterocycles. The van der Waals surface area contributed by atoms with Crippen molar-refractivity contribution in [1.29, 1.82) is 0 Å². The SMILES string of the molecule is CC(C)(C)c1csc(OC(=O)C2CCCN2)n1. The van der Waals surface area contributed by atoms with Crippen molar-refractivity contribution in [2.45, 2.75) is 45.1 Å². The molecule has 2 heterocycles. The molecular formula is C12H18N2O2S. The Morgan fingerprint density at radius 3 is 2.88 bits per heavy atom. The Bertz CT molecular complexity index is 403. The maximum Gasteiger partial charge on any atom is 0.330 e. The summed E-state index contributed by atoms with van der Waals surface area (Å²) in [5.74, 6) is -0.211. The summed E-state index contributed by atoms with van der Waals surface area (Å²) >= 11 is 1.38. The first-order valence-electron chi connectivity index (χ1n) is 5.88. The Morgan fingerprint density at radius 1 is 1.59 bits per heavy atom. The van der Waals surface area contributed by atoms with E-state index >= 15 is 0 Å². The summed E-state index contributed by atoms with van der Waals surface area (Å²) in [6, 6.07) is -0.156. The number of carbonyl (C=O) groups is 1. The number of hydrogen-bond acceptors (Lipinski definition) is 5. The molecule has 1 N–H and O–H groups in total. The monoisotopic (exact) mass is 254 g/mol. The predicted molar refractivity (Wildman–Crippen MR) is 67.5 cm³/mol. The molecule has 1 aliphatic rings. The average molecular weight is 254 g/mol. The summed E-state index contributed by atoms with van der Waals surface area (Å²) in [6.45, 7) is 7.16. The Kier molecular flexibility index (Phi) is 3.49. The molecule has 1 atom stereocenters. The molecule has 94 valence electrons. The summed E-state index contributed by atoms with van der Waals surface area (Å²) in [5.41, 5.74) is 0.955. The van der Waals surface area contributed by atoms with E-state index in [9.17, 15) is 4.79 Å². The van der Waals surface area contributed by atoms with Gasteiger partial charge in [0.15, 0.2) is 0 Å². The van der Waals surface area contributed by atoms with Crippen LogP contribution in [-0.4, -0.2) is 23.5 Å². The third-order valence-corrected chi connectivity index (χ3v) is 3.50. The fourth-order valence-electron chi connectivity index (χ4n) is 1.69. The van der Waals surface area contributed by atoms with Gasteiger partial charge in [-0.1, -0.05) is 32.1 Å². The molecule has 2 rings (SSSR count). The van der Waals surface area contributed by atoms with Crippen LogP contribution in [0.4, 0.5) is 0 Å². The van der Waals surface area contributed by atoms with Crippen LogP contribution in [0.2, 0.25) is 0 Å². The Morgan fingerprint density at radius 2 is 2.35 bits per heavy atom. The second-order valence-corrected chi connectivity index (χ2v) is 6.14. The van der Waals surface area contributed by atoms with Crippen LogP contribution in [0.3, 0.4) is 0 Å². The lowest BCUT2D eigenvalue weighted by Gasteiger charge is -2.14.